The smallest absolute Gasteiger partial charge is 0.234 e. The Kier molecular flexibility index (Phi) is 7.66. The van der Waals surface area contributed by atoms with Gasteiger partial charge >= 0.3 is 0 Å². The number of halogens is 1. The molecular formula is C22H25FN2O3S. The zero-order valence-electron chi connectivity index (χ0n) is 16.1. The second kappa shape index (κ2) is 10.4. The van der Waals surface area contributed by atoms with Gasteiger partial charge in [0.1, 0.15) is 5.82 Å². The monoisotopic (exact) mass is 416 g/mol. The summed E-state index contributed by atoms with van der Waals surface area (Å²) in [4.78, 5) is 26.1. The van der Waals surface area contributed by atoms with Gasteiger partial charge in [0, 0.05) is 18.8 Å². The van der Waals surface area contributed by atoms with E-state index >= 15 is 0 Å². The fraction of sp³-hybridized carbons (Fsp3) is 0.364. The Hall–Kier alpha value is -2.38. The Morgan fingerprint density at radius 1 is 1.07 bits per heavy atom. The number of hydrogen-bond acceptors (Lipinski definition) is 4. The molecule has 154 valence electrons. The highest BCUT2D eigenvalue weighted by Gasteiger charge is 2.28. The molecule has 1 aliphatic heterocycles. The van der Waals surface area contributed by atoms with E-state index in [-0.39, 0.29) is 35.1 Å². The zero-order chi connectivity index (χ0) is 20.6. The highest BCUT2D eigenvalue weighted by atomic mass is 32.2. The van der Waals surface area contributed by atoms with E-state index in [0.717, 1.165) is 18.4 Å². The van der Waals surface area contributed by atoms with E-state index in [1.165, 1.54) is 36.0 Å². The summed E-state index contributed by atoms with van der Waals surface area (Å²) in [6, 6.07) is 15.2. The Labute approximate surface area is 174 Å². The number of nitrogens with one attached hydrogen (secondary N) is 1. The van der Waals surface area contributed by atoms with Crippen LogP contribution in [0.2, 0.25) is 0 Å². The third kappa shape index (κ3) is 6.30. The highest BCUT2D eigenvalue weighted by Crippen LogP contribution is 2.30. The number of piperidine rings is 1. The number of carbonyl (C=O) groups excluding carboxylic acids is 2. The van der Waals surface area contributed by atoms with Gasteiger partial charge in [-0.15, -0.1) is 11.8 Å². The summed E-state index contributed by atoms with van der Waals surface area (Å²) in [6.07, 6.45) is 1.02. The lowest BCUT2D eigenvalue weighted by Gasteiger charge is -2.34. The molecule has 1 unspecified atom stereocenters. The van der Waals surface area contributed by atoms with Crippen molar-refractivity contribution in [2.45, 2.75) is 18.9 Å². The first kappa shape index (κ1) is 21.3. The Balaban J connectivity index is 1.36. The summed E-state index contributed by atoms with van der Waals surface area (Å²) in [5.41, 5.74) is 1.45. The molecule has 0 aromatic heterocycles. The average molecular weight is 417 g/mol. The second-order valence-electron chi connectivity index (χ2n) is 7.12. The SMILES string of the molecule is O=C(CSCC(=O)N1CCC(C(O)c2ccccc2)CC1)Nc1ccc(F)cc1. The van der Waals surface area contributed by atoms with Crippen molar-refractivity contribution in [1.82, 2.24) is 4.90 Å². The molecule has 0 spiro atoms. The number of aliphatic hydroxyl groups excluding tert-OH is 1. The Morgan fingerprint density at radius 2 is 1.72 bits per heavy atom. The number of benzene rings is 2. The van der Waals surface area contributed by atoms with E-state index in [9.17, 15) is 19.1 Å². The van der Waals surface area contributed by atoms with Crippen LogP contribution in [0.15, 0.2) is 54.6 Å². The molecule has 1 aliphatic rings. The molecule has 1 fully saturated rings. The van der Waals surface area contributed by atoms with Gasteiger partial charge in [0.25, 0.3) is 0 Å². The molecule has 29 heavy (non-hydrogen) atoms. The molecule has 0 saturated carbocycles. The van der Waals surface area contributed by atoms with Crippen molar-refractivity contribution in [3.63, 3.8) is 0 Å². The van der Waals surface area contributed by atoms with E-state index in [1.807, 2.05) is 30.3 Å². The molecule has 2 aromatic carbocycles. The van der Waals surface area contributed by atoms with E-state index in [0.29, 0.717) is 18.8 Å². The lowest BCUT2D eigenvalue weighted by molar-refractivity contribution is -0.130. The number of hydrogen-bond donors (Lipinski definition) is 2. The number of aliphatic hydroxyl groups is 1. The van der Waals surface area contributed by atoms with Crippen LogP contribution in [0.5, 0.6) is 0 Å². The highest BCUT2D eigenvalue weighted by molar-refractivity contribution is 8.00. The predicted octanol–water partition coefficient (Wildman–Crippen LogP) is 3.47. The minimum Gasteiger partial charge on any atom is -0.388 e. The van der Waals surface area contributed by atoms with E-state index in [4.69, 9.17) is 0 Å². The van der Waals surface area contributed by atoms with Gasteiger partial charge in [-0.3, -0.25) is 9.59 Å². The standard InChI is InChI=1S/C22H25FN2O3S/c23-18-6-8-19(9-7-18)24-20(26)14-29-15-21(27)25-12-10-17(11-13-25)22(28)16-4-2-1-3-5-16/h1-9,17,22,28H,10-15H2,(H,24,26). The molecule has 0 radical (unpaired) electrons. The van der Waals surface area contributed by atoms with Crippen molar-refractivity contribution in [3.05, 3.63) is 66.0 Å². The first-order valence-corrected chi connectivity index (χ1v) is 10.8. The number of anilines is 1. The minimum atomic E-state index is -0.502. The van der Waals surface area contributed by atoms with Gasteiger partial charge in [-0.25, -0.2) is 4.39 Å². The van der Waals surface area contributed by atoms with E-state index < -0.39 is 6.10 Å². The van der Waals surface area contributed by atoms with Gasteiger partial charge in [0.2, 0.25) is 11.8 Å². The molecule has 7 heteroatoms. The number of likely N-dealkylation sites (tertiary alicyclic amines) is 1. The van der Waals surface area contributed by atoms with Gasteiger partial charge in [0.15, 0.2) is 0 Å². The quantitative estimate of drug-likeness (QED) is 0.725. The Bertz CT molecular complexity index is 809. The number of thioether (sulfide) groups is 1. The van der Waals surface area contributed by atoms with Crippen LogP contribution in [0.3, 0.4) is 0 Å². The van der Waals surface area contributed by atoms with Crippen LogP contribution in [0.1, 0.15) is 24.5 Å². The first-order chi connectivity index (χ1) is 14.0. The summed E-state index contributed by atoms with van der Waals surface area (Å²) in [6.45, 7) is 1.24. The van der Waals surface area contributed by atoms with Crippen molar-refractivity contribution < 1.29 is 19.1 Å². The fourth-order valence-electron chi connectivity index (χ4n) is 3.44. The molecule has 2 aromatic rings. The van der Waals surface area contributed by atoms with Crippen molar-refractivity contribution in [1.29, 1.82) is 0 Å². The maximum absolute atomic E-state index is 12.9. The van der Waals surface area contributed by atoms with Crippen molar-refractivity contribution in [2.24, 2.45) is 5.92 Å². The third-order valence-corrected chi connectivity index (χ3v) is 5.98. The first-order valence-electron chi connectivity index (χ1n) is 9.67. The summed E-state index contributed by atoms with van der Waals surface area (Å²) in [7, 11) is 0. The molecule has 1 atom stereocenters. The number of carbonyl (C=O) groups is 2. The molecule has 0 aliphatic carbocycles. The van der Waals surface area contributed by atoms with Crippen LogP contribution in [0.25, 0.3) is 0 Å². The maximum Gasteiger partial charge on any atom is 0.234 e. The molecule has 3 rings (SSSR count). The molecule has 0 bridgehead atoms. The van der Waals surface area contributed by atoms with Crippen molar-refractivity contribution >= 4 is 29.3 Å². The van der Waals surface area contributed by atoms with Crippen LogP contribution in [0, 0.1) is 11.7 Å². The predicted molar refractivity (Wildman–Crippen MR) is 113 cm³/mol. The number of nitrogens with zero attached hydrogens (tertiary/aromatic N) is 1. The molecule has 1 saturated heterocycles. The lowest BCUT2D eigenvalue weighted by Crippen LogP contribution is -2.40. The van der Waals surface area contributed by atoms with Crippen molar-refractivity contribution in [3.8, 4) is 0 Å². The molecular weight excluding hydrogens is 391 g/mol. The summed E-state index contributed by atoms with van der Waals surface area (Å²) >= 11 is 1.26. The second-order valence-corrected chi connectivity index (χ2v) is 8.11. The molecule has 5 nitrogen and oxygen atoms in total. The van der Waals surface area contributed by atoms with Crippen LogP contribution in [-0.2, 0) is 9.59 Å². The lowest BCUT2D eigenvalue weighted by atomic mass is 9.87. The largest absolute Gasteiger partial charge is 0.388 e. The zero-order valence-corrected chi connectivity index (χ0v) is 16.9. The van der Waals surface area contributed by atoms with Crippen LogP contribution in [-0.4, -0.2) is 46.4 Å². The molecule has 2 amide bonds. The van der Waals surface area contributed by atoms with Gasteiger partial charge in [-0.05, 0) is 48.6 Å². The summed E-state index contributed by atoms with van der Waals surface area (Å²) < 4.78 is 12.9. The van der Waals surface area contributed by atoms with Gasteiger partial charge in [0.05, 0.1) is 17.6 Å². The molecule has 2 N–H and O–H groups in total. The normalized spacial score (nSPS) is 15.7. The van der Waals surface area contributed by atoms with Gasteiger partial charge in [-0.2, -0.15) is 0 Å². The van der Waals surface area contributed by atoms with Crippen molar-refractivity contribution in [2.75, 3.05) is 29.9 Å². The molecule has 1 heterocycles. The van der Waals surface area contributed by atoms with E-state index in [2.05, 4.69) is 5.32 Å². The Morgan fingerprint density at radius 3 is 2.38 bits per heavy atom. The summed E-state index contributed by atoms with van der Waals surface area (Å²) in [5, 5.41) is 13.2. The van der Waals surface area contributed by atoms with Crippen LogP contribution >= 0.6 is 11.8 Å². The number of amides is 2. The topological polar surface area (TPSA) is 69.6 Å². The third-order valence-electron chi connectivity index (χ3n) is 5.07. The van der Waals surface area contributed by atoms with E-state index in [1.54, 1.807) is 4.90 Å². The minimum absolute atomic E-state index is 0.0113. The number of rotatable bonds is 7. The van der Waals surface area contributed by atoms with Crippen LogP contribution in [0.4, 0.5) is 10.1 Å². The fourth-order valence-corrected chi connectivity index (χ4v) is 4.16. The van der Waals surface area contributed by atoms with Gasteiger partial charge in [-0.1, -0.05) is 30.3 Å². The summed E-state index contributed by atoms with van der Waals surface area (Å²) in [5.74, 6) is -0.0235. The average Bonchev–Trinajstić information content (AvgIpc) is 2.75. The van der Waals surface area contributed by atoms with Crippen LogP contribution < -0.4 is 5.32 Å². The maximum atomic E-state index is 12.9. The van der Waals surface area contributed by atoms with Gasteiger partial charge < -0.3 is 15.3 Å².